The van der Waals surface area contributed by atoms with Crippen molar-refractivity contribution in [2.24, 2.45) is 0 Å². The number of benzene rings is 2. The summed E-state index contributed by atoms with van der Waals surface area (Å²) in [5, 5.41) is 2.80. The third-order valence-corrected chi connectivity index (χ3v) is 3.53. The van der Waals surface area contributed by atoms with Gasteiger partial charge >= 0.3 is 5.97 Å². The third-order valence-electron chi connectivity index (χ3n) is 3.53. The largest absolute Gasteiger partial charge is 0.469 e. The Hall–Kier alpha value is -2.62. The number of esters is 1. The molecule has 2 aromatic carbocycles. The van der Waals surface area contributed by atoms with Gasteiger partial charge in [-0.3, -0.25) is 9.59 Å². The van der Waals surface area contributed by atoms with E-state index in [1.165, 1.54) is 7.11 Å². The second-order valence-corrected chi connectivity index (χ2v) is 5.49. The van der Waals surface area contributed by atoms with E-state index in [4.69, 9.17) is 0 Å². The summed E-state index contributed by atoms with van der Waals surface area (Å²) in [4.78, 5) is 23.1. The molecule has 0 aliphatic heterocycles. The van der Waals surface area contributed by atoms with E-state index in [2.05, 4.69) is 22.2 Å². The molecule has 120 valence electrons. The van der Waals surface area contributed by atoms with Crippen LogP contribution in [0.2, 0.25) is 0 Å². The van der Waals surface area contributed by atoms with Crippen molar-refractivity contribution in [3.8, 4) is 11.1 Å². The summed E-state index contributed by atoms with van der Waals surface area (Å²) < 4.78 is 4.59. The van der Waals surface area contributed by atoms with E-state index in [9.17, 15) is 9.59 Å². The quantitative estimate of drug-likeness (QED) is 0.835. The van der Waals surface area contributed by atoms with Crippen molar-refractivity contribution in [1.29, 1.82) is 0 Å². The SMILES string of the molecule is COC(=O)CC(C)NC(=O)Cc1ccc(-c2ccccc2)cc1. The number of amides is 1. The molecular formula is C19H21NO3. The zero-order valence-electron chi connectivity index (χ0n) is 13.4. The molecule has 23 heavy (non-hydrogen) atoms. The van der Waals surface area contributed by atoms with Crippen molar-refractivity contribution in [3.05, 3.63) is 60.2 Å². The predicted octanol–water partition coefficient (Wildman–Crippen LogP) is 2.96. The minimum absolute atomic E-state index is 0.103. The monoisotopic (exact) mass is 311 g/mol. The van der Waals surface area contributed by atoms with Crippen LogP contribution in [0.4, 0.5) is 0 Å². The summed E-state index contributed by atoms with van der Waals surface area (Å²) in [6.45, 7) is 1.79. The first-order valence-electron chi connectivity index (χ1n) is 7.59. The van der Waals surface area contributed by atoms with Gasteiger partial charge in [-0.15, -0.1) is 0 Å². The van der Waals surface area contributed by atoms with Crippen LogP contribution in [0, 0.1) is 0 Å². The number of ether oxygens (including phenoxy) is 1. The number of methoxy groups -OCH3 is 1. The number of rotatable bonds is 6. The van der Waals surface area contributed by atoms with Gasteiger partial charge < -0.3 is 10.1 Å². The Balaban J connectivity index is 1.90. The number of carbonyl (C=O) groups excluding carboxylic acids is 2. The highest BCUT2D eigenvalue weighted by molar-refractivity contribution is 5.80. The number of carbonyl (C=O) groups is 2. The molecule has 1 amide bonds. The lowest BCUT2D eigenvalue weighted by Gasteiger charge is -2.12. The standard InChI is InChI=1S/C19H21NO3/c1-14(12-19(22)23-2)20-18(21)13-15-8-10-17(11-9-15)16-6-4-3-5-7-16/h3-11,14H,12-13H2,1-2H3,(H,20,21). The van der Waals surface area contributed by atoms with E-state index >= 15 is 0 Å². The van der Waals surface area contributed by atoms with Crippen LogP contribution in [0.3, 0.4) is 0 Å². The summed E-state index contributed by atoms with van der Waals surface area (Å²) in [7, 11) is 1.34. The topological polar surface area (TPSA) is 55.4 Å². The van der Waals surface area contributed by atoms with Gasteiger partial charge in [-0.1, -0.05) is 54.6 Å². The van der Waals surface area contributed by atoms with Gasteiger partial charge in [0, 0.05) is 6.04 Å². The maximum Gasteiger partial charge on any atom is 0.307 e. The summed E-state index contributed by atoms with van der Waals surface area (Å²) in [6, 6.07) is 17.8. The molecule has 0 aliphatic carbocycles. The normalized spacial score (nSPS) is 11.6. The van der Waals surface area contributed by atoms with E-state index in [-0.39, 0.29) is 24.3 Å². The van der Waals surface area contributed by atoms with Gasteiger partial charge in [0.1, 0.15) is 0 Å². The molecule has 0 radical (unpaired) electrons. The van der Waals surface area contributed by atoms with Gasteiger partial charge in [-0.25, -0.2) is 0 Å². The van der Waals surface area contributed by atoms with E-state index < -0.39 is 0 Å². The zero-order chi connectivity index (χ0) is 16.7. The summed E-state index contributed by atoms with van der Waals surface area (Å²) in [5.74, 6) is -0.432. The molecule has 4 nitrogen and oxygen atoms in total. The van der Waals surface area contributed by atoms with Crippen LogP contribution in [-0.4, -0.2) is 25.0 Å². The third kappa shape index (κ3) is 5.25. The van der Waals surface area contributed by atoms with E-state index in [0.717, 1.165) is 16.7 Å². The molecule has 2 rings (SSSR count). The fourth-order valence-corrected chi connectivity index (χ4v) is 2.34. The molecule has 4 heteroatoms. The Kier molecular flexibility index (Phi) is 5.92. The highest BCUT2D eigenvalue weighted by atomic mass is 16.5. The first kappa shape index (κ1) is 16.7. The molecule has 0 bridgehead atoms. The lowest BCUT2D eigenvalue weighted by Crippen LogP contribution is -2.35. The maximum atomic E-state index is 12.0. The van der Waals surface area contributed by atoms with E-state index in [1.54, 1.807) is 6.92 Å². The zero-order valence-corrected chi connectivity index (χ0v) is 13.4. The Labute approximate surface area is 136 Å². The van der Waals surface area contributed by atoms with Crippen LogP contribution in [0.25, 0.3) is 11.1 Å². The highest BCUT2D eigenvalue weighted by Crippen LogP contribution is 2.19. The van der Waals surface area contributed by atoms with E-state index in [1.807, 2.05) is 42.5 Å². The Morgan fingerprint density at radius 2 is 1.61 bits per heavy atom. The number of hydrogen-bond donors (Lipinski definition) is 1. The highest BCUT2D eigenvalue weighted by Gasteiger charge is 2.12. The van der Waals surface area contributed by atoms with Crippen LogP contribution >= 0.6 is 0 Å². The van der Waals surface area contributed by atoms with Gasteiger partial charge in [0.2, 0.25) is 5.91 Å². The summed E-state index contributed by atoms with van der Waals surface area (Å²) in [5.41, 5.74) is 3.21. The Morgan fingerprint density at radius 1 is 1.00 bits per heavy atom. The van der Waals surface area contributed by atoms with Crippen LogP contribution in [0.1, 0.15) is 18.9 Å². The maximum absolute atomic E-state index is 12.0. The average Bonchev–Trinajstić information content (AvgIpc) is 2.56. The molecule has 1 N–H and O–H groups in total. The minimum atomic E-state index is -0.329. The van der Waals surface area contributed by atoms with Crippen molar-refractivity contribution in [1.82, 2.24) is 5.32 Å². The second kappa shape index (κ2) is 8.13. The summed E-state index contributed by atoms with van der Waals surface area (Å²) >= 11 is 0. The lowest BCUT2D eigenvalue weighted by atomic mass is 10.0. The number of nitrogens with one attached hydrogen (secondary N) is 1. The van der Waals surface area contributed by atoms with Gasteiger partial charge in [0.05, 0.1) is 20.0 Å². The Morgan fingerprint density at radius 3 is 2.22 bits per heavy atom. The molecule has 0 spiro atoms. The van der Waals surface area contributed by atoms with Crippen LogP contribution in [0.5, 0.6) is 0 Å². The molecule has 0 aromatic heterocycles. The first-order chi connectivity index (χ1) is 11.1. The fourth-order valence-electron chi connectivity index (χ4n) is 2.34. The van der Waals surface area contributed by atoms with Crippen LogP contribution < -0.4 is 5.32 Å². The molecule has 2 aromatic rings. The minimum Gasteiger partial charge on any atom is -0.469 e. The van der Waals surface area contributed by atoms with Gasteiger partial charge in [0.15, 0.2) is 0 Å². The molecule has 0 saturated heterocycles. The second-order valence-electron chi connectivity index (χ2n) is 5.49. The fraction of sp³-hybridized carbons (Fsp3) is 0.263. The van der Waals surface area contributed by atoms with E-state index in [0.29, 0.717) is 6.42 Å². The number of hydrogen-bond acceptors (Lipinski definition) is 3. The van der Waals surface area contributed by atoms with Crippen molar-refractivity contribution < 1.29 is 14.3 Å². The van der Waals surface area contributed by atoms with Gasteiger partial charge in [-0.2, -0.15) is 0 Å². The van der Waals surface area contributed by atoms with Crippen molar-refractivity contribution >= 4 is 11.9 Å². The van der Waals surface area contributed by atoms with Gasteiger partial charge in [0.25, 0.3) is 0 Å². The molecular weight excluding hydrogens is 290 g/mol. The van der Waals surface area contributed by atoms with Gasteiger partial charge in [-0.05, 0) is 23.6 Å². The smallest absolute Gasteiger partial charge is 0.307 e. The molecule has 0 aliphatic rings. The molecule has 0 saturated carbocycles. The molecule has 1 atom stereocenters. The average molecular weight is 311 g/mol. The predicted molar refractivity (Wildman–Crippen MR) is 89.8 cm³/mol. The van der Waals surface area contributed by atoms with Crippen LogP contribution in [0.15, 0.2) is 54.6 Å². The van der Waals surface area contributed by atoms with Crippen molar-refractivity contribution in [2.75, 3.05) is 7.11 Å². The van der Waals surface area contributed by atoms with Crippen molar-refractivity contribution in [3.63, 3.8) is 0 Å². The Bertz CT molecular complexity index is 650. The molecule has 0 heterocycles. The first-order valence-corrected chi connectivity index (χ1v) is 7.59. The lowest BCUT2D eigenvalue weighted by molar-refractivity contribution is -0.141. The summed E-state index contributed by atoms with van der Waals surface area (Å²) in [6.07, 6.45) is 0.468. The van der Waals surface area contributed by atoms with Crippen LogP contribution in [-0.2, 0) is 20.7 Å². The van der Waals surface area contributed by atoms with Crippen molar-refractivity contribution in [2.45, 2.75) is 25.8 Å². The molecule has 1 unspecified atom stereocenters. The molecule has 0 fully saturated rings.